The highest BCUT2D eigenvalue weighted by Gasteiger charge is 2.16. The lowest BCUT2D eigenvalue weighted by Crippen LogP contribution is -2.11. The molecule has 0 saturated carbocycles. The smallest absolute Gasteiger partial charge is 0.138 e. The monoisotopic (exact) mass is 554 g/mol. The standard InChI is InChI=1S/C39H26N2S/c1-2-8-27(9-3-1)29-16-20-33(21-17-29)41(39-25-38-36(26-40-39)35-12-6-7-13-37(35)42-38)34-22-18-30(19-23-34)32-15-14-28-10-4-5-11-31(28)24-32/h1-26H. The van der Waals surface area contributed by atoms with E-state index in [0.29, 0.717) is 0 Å². The molecule has 6 aromatic carbocycles. The van der Waals surface area contributed by atoms with Gasteiger partial charge in [0.25, 0.3) is 0 Å². The Morgan fingerprint density at radius 1 is 0.429 bits per heavy atom. The van der Waals surface area contributed by atoms with Crippen molar-refractivity contribution in [2.24, 2.45) is 0 Å². The average molecular weight is 555 g/mol. The fourth-order valence-corrected chi connectivity index (χ4v) is 6.86. The maximum Gasteiger partial charge on any atom is 0.138 e. The van der Waals surface area contributed by atoms with Crippen molar-refractivity contribution in [2.45, 2.75) is 0 Å². The molecule has 0 saturated heterocycles. The van der Waals surface area contributed by atoms with Crippen LogP contribution in [0.2, 0.25) is 0 Å². The summed E-state index contributed by atoms with van der Waals surface area (Å²) in [6.07, 6.45) is 2.03. The van der Waals surface area contributed by atoms with E-state index in [0.717, 1.165) is 17.2 Å². The van der Waals surface area contributed by atoms with Gasteiger partial charge in [0.05, 0.1) is 0 Å². The Balaban J connectivity index is 1.22. The molecule has 0 unspecified atom stereocenters. The number of aromatic nitrogens is 1. The molecule has 42 heavy (non-hydrogen) atoms. The van der Waals surface area contributed by atoms with E-state index in [9.17, 15) is 0 Å². The highest BCUT2D eigenvalue weighted by atomic mass is 32.1. The van der Waals surface area contributed by atoms with Gasteiger partial charge in [0.2, 0.25) is 0 Å². The van der Waals surface area contributed by atoms with Crippen molar-refractivity contribution in [1.82, 2.24) is 4.98 Å². The Morgan fingerprint density at radius 3 is 1.79 bits per heavy atom. The fraction of sp³-hybridized carbons (Fsp3) is 0. The summed E-state index contributed by atoms with van der Waals surface area (Å²) < 4.78 is 2.52. The highest BCUT2D eigenvalue weighted by molar-refractivity contribution is 7.25. The van der Waals surface area contributed by atoms with E-state index in [2.05, 4.69) is 157 Å². The van der Waals surface area contributed by atoms with Gasteiger partial charge in [-0.05, 0) is 75.5 Å². The molecule has 2 nitrogen and oxygen atoms in total. The number of fused-ring (bicyclic) bond motifs is 4. The van der Waals surface area contributed by atoms with Crippen molar-refractivity contribution < 1.29 is 0 Å². The summed E-state index contributed by atoms with van der Waals surface area (Å²) in [6.45, 7) is 0. The second-order valence-electron chi connectivity index (χ2n) is 10.5. The van der Waals surface area contributed by atoms with Crippen LogP contribution in [0, 0.1) is 0 Å². The first-order valence-corrected chi connectivity index (χ1v) is 14.9. The van der Waals surface area contributed by atoms with Crippen LogP contribution in [0.25, 0.3) is 53.2 Å². The molecule has 2 aromatic heterocycles. The molecule has 0 aliphatic heterocycles. The summed E-state index contributed by atoms with van der Waals surface area (Å²) in [4.78, 5) is 7.26. The maximum absolute atomic E-state index is 5.01. The lowest BCUT2D eigenvalue weighted by Gasteiger charge is -2.25. The summed E-state index contributed by atoms with van der Waals surface area (Å²) in [7, 11) is 0. The minimum absolute atomic E-state index is 0.903. The Bertz CT molecular complexity index is 2180. The van der Waals surface area contributed by atoms with Gasteiger partial charge in [0.1, 0.15) is 5.82 Å². The van der Waals surface area contributed by atoms with Crippen LogP contribution in [-0.4, -0.2) is 4.98 Å². The lowest BCUT2D eigenvalue weighted by molar-refractivity contribution is 1.19. The molecule has 0 spiro atoms. The first-order valence-electron chi connectivity index (χ1n) is 14.1. The number of anilines is 3. The van der Waals surface area contributed by atoms with Gasteiger partial charge >= 0.3 is 0 Å². The van der Waals surface area contributed by atoms with Gasteiger partial charge < -0.3 is 0 Å². The normalized spacial score (nSPS) is 11.3. The van der Waals surface area contributed by atoms with E-state index in [1.165, 1.54) is 53.2 Å². The van der Waals surface area contributed by atoms with Crippen molar-refractivity contribution in [3.05, 3.63) is 158 Å². The second kappa shape index (κ2) is 10.3. The van der Waals surface area contributed by atoms with Gasteiger partial charge in [-0.25, -0.2) is 4.98 Å². The van der Waals surface area contributed by atoms with Gasteiger partial charge in [-0.2, -0.15) is 0 Å². The zero-order chi connectivity index (χ0) is 27.9. The number of benzene rings is 6. The minimum Gasteiger partial charge on any atom is -0.295 e. The Kier molecular flexibility index (Phi) is 6.02. The predicted octanol–water partition coefficient (Wildman–Crippen LogP) is 11.4. The van der Waals surface area contributed by atoms with Crippen LogP contribution in [0.15, 0.2) is 158 Å². The first kappa shape index (κ1) is 24.5. The van der Waals surface area contributed by atoms with Gasteiger partial charge in [0, 0.05) is 37.7 Å². The maximum atomic E-state index is 5.01. The molecular weight excluding hydrogens is 529 g/mol. The molecular formula is C39H26N2S. The molecule has 0 amide bonds. The summed E-state index contributed by atoms with van der Waals surface area (Å²) in [5.74, 6) is 0.903. The zero-order valence-electron chi connectivity index (χ0n) is 22.8. The van der Waals surface area contributed by atoms with Gasteiger partial charge in [0.15, 0.2) is 0 Å². The Labute approximate surface area is 248 Å². The van der Waals surface area contributed by atoms with Crippen LogP contribution in [0.4, 0.5) is 17.2 Å². The third kappa shape index (κ3) is 4.41. The van der Waals surface area contributed by atoms with Gasteiger partial charge in [-0.3, -0.25) is 4.90 Å². The zero-order valence-corrected chi connectivity index (χ0v) is 23.6. The SMILES string of the molecule is c1ccc(-c2ccc(N(c3ccc(-c4ccc5ccccc5c4)cc3)c3cc4sc5ccccc5c4cn3)cc2)cc1. The van der Waals surface area contributed by atoms with Crippen molar-refractivity contribution in [3.8, 4) is 22.3 Å². The van der Waals surface area contributed by atoms with Crippen LogP contribution in [-0.2, 0) is 0 Å². The molecule has 0 fully saturated rings. The largest absolute Gasteiger partial charge is 0.295 e. The van der Waals surface area contributed by atoms with Crippen LogP contribution < -0.4 is 4.90 Å². The van der Waals surface area contributed by atoms with E-state index in [1.54, 1.807) is 0 Å². The number of thiophene rings is 1. The van der Waals surface area contributed by atoms with E-state index in [1.807, 2.05) is 17.5 Å². The van der Waals surface area contributed by atoms with Crippen LogP contribution in [0.3, 0.4) is 0 Å². The van der Waals surface area contributed by atoms with Crippen LogP contribution in [0.1, 0.15) is 0 Å². The van der Waals surface area contributed by atoms with Gasteiger partial charge in [-0.1, -0.05) is 109 Å². The second-order valence-corrected chi connectivity index (χ2v) is 11.6. The van der Waals surface area contributed by atoms with Crippen LogP contribution >= 0.6 is 11.3 Å². The van der Waals surface area contributed by atoms with Crippen molar-refractivity contribution >= 4 is 59.5 Å². The molecule has 0 radical (unpaired) electrons. The first-order chi connectivity index (χ1) is 20.8. The van der Waals surface area contributed by atoms with E-state index in [-0.39, 0.29) is 0 Å². The molecule has 0 N–H and O–H groups in total. The van der Waals surface area contributed by atoms with Crippen LogP contribution in [0.5, 0.6) is 0 Å². The number of hydrogen-bond acceptors (Lipinski definition) is 3. The molecule has 0 aliphatic rings. The number of hydrogen-bond donors (Lipinski definition) is 0. The molecule has 198 valence electrons. The number of nitrogens with zero attached hydrogens (tertiary/aromatic N) is 2. The van der Waals surface area contributed by atoms with Gasteiger partial charge in [-0.15, -0.1) is 11.3 Å². The summed E-state index contributed by atoms with van der Waals surface area (Å²) in [5, 5.41) is 4.96. The van der Waals surface area contributed by atoms with E-state index in [4.69, 9.17) is 4.98 Å². The fourth-order valence-electron chi connectivity index (χ4n) is 5.75. The third-order valence-electron chi connectivity index (χ3n) is 7.92. The molecule has 0 aliphatic carbocycles. The Hall–Kier alpha value is -5.25. The topological polar surface area (TPSA) is 16.1 Å². The van der Waals surface area contributed by atoms with E-state index >= 15 is 0 Å². The molecule has 0 bridgehead atoms. The number of rotatable bonds is 5. The van der Waals surface area contributed by atoms with E-state index < -0.39 is 0 Å². The quantitative estimate of drug-likeness (QED) is 0.210. The van der Waals surface area contributed by atoms with Crippen molar-refractivity contribution in [2.75, 3.05) is 4.90 Å². The summed E-state index contributed by atoms with van der Waals surface area (Å²) in [5.41, 5.74) is 6.95. The predicted molar refractivity (Wildman–Crippen MR) is 180 cm³/mol. The average Bonchev–Trinajstić information content (AvgIpc) is 3.44. The van der Waals surface area contributed by atoms with Crippen molar-refractivity contribution in [1.29, 1.82) is 0 Å². The molecule has 3 heteroatoms. The summed E-state index contributed by atoms with van der Waals surface area (Å²) >= 11 is 1.82. The molecule has 8 aromatic rings. The van der Waals surface area contributed by atoms with Crippen molar-refractivity contribution in [3.63, 3.8) is 0 Å². The number of pyridine rings is 1. The summed E-state index contributed by atoms with van der Waals surface area (Å²) in [6, 6.07) is 54.1. The highest BCUT2D eigenvalue weighted by Crippen LogP contribution is 2.40. The molecule has 0 atom stereocenters. The minimum atomic E-state index is 0.903. The Morgan fingerprint density at radius 2 is 1.02 bits per heavy atom. The lowest BCUT2D eigenvalue weighted by atomic mass is 10.0. The molecule has 8 rings (SSSR count). The molecule has 2 heterocycles. The third-order valence-corrected chi connectivity index (χ3v) is 9.05.